The van der Waals surface area contributed by atoms with Crippen molar-refractivity contribution in [1.82, 2.24) is 9.55 Å². The Balaban J connectivity index is 1.68. The minimum absolute atomic E-state index is 0.142. The van der Waals surface area contributed by atoms with Crippen molar-refractivity contribution in [1.29, 1.82) is 0 Å². The molecule has 1 aliphatic rings. The van der Waals surface area contributed by atoms with Crippen LogP contribution in [0, 0.1) is 5.92 Å². The summed E-state index contributed by atoms with van der Waals surface area (Å²) < 4.78 is 13.2. The van der Waals surface area contributed by atoms with Crippen LogP contribution >= 0.6 is 11.8 Å². The van der Waals surface area contributed by atoms with Gasteiger partial charge in [0.15, 0.2) is 16.7 Å². The van der Waals surface area contributed by atoms with Gasteiger partial charge in [0.1, 0.15) is 5.82 Å². The Labute approximate surface area is 203 Å². The van der Waals surface area contributed by atoms with Gasteiger partial charge >= 0.3 is 0 Å². The summed E-state index contributed by atoms with van der Waals surface area (Å²) in [6, 6.07) is 15.6. The van der Waals surface area contributed by atoms with E-state index >= 15 is 0 Å². The smallest absolute Gasteiger partial charge is 0.279 e. The summed E-state index contributed by atoms with van der Waals surface area (Å²) in [6.45, 7) is 4.72. The number of fused-ring (bicyclic) bond motifs is 1. The lowest BCUT2D eigenvalue weighted by molar-refractivity contribution is -0.116. The van der Waals surface area contributed by atoms with E-state index in [4.69, 9.17) is 9.47 Å². The van der Waals surface area contributed by atoms with E-state index in [1.165, 1.54) is 11.8 Å². The molecule has 1 N–H and O–H groups in total. The maximum Gasteiger partial charge on any atom is 0.279 e. The summed E-state index contributed by atoms with van der Waals surface area (Å²) in [5.41, 5.74) is 2.11. The van der Waals surface area contributed by atoms with Crippen molar-refractivity contribution >= 4 is 23.5 Å². The van der Waals surface area contributed by atoms with Gasteiger partial charge in [0.05, 0.1) is 19.3 Å². The van der Waals surface area contributed by atoms with Gasteiger partial charge < -0.3 is 19.4 Å². The molecule has 0 unspecified atom stereocenters. The zero-order chi connectivity index (χ0) is 24.2. The van der Waals surface area contributed by atoms with E-state index in [0.29, 0.717) is 46.3 Å². The SMILES string of the molecule is COc1cc([C@H]2CC(=O)Nc3c2c(=O)nc(SCc2ccccc2)n3C)ccc1OCC(C)C. The second kappa shape index (κ2) is 10.3. The van der Waals surface area contributed by atoms with E-state index < -0.39 is 5.92 Å². The number of hydrogen-bond acceptors (Lipinski definition) is 6. The van der Waals surface area contributed by atoms with E-state index in [2.05, 4.69) is 24.1 Å². The summed E-state index contributed by atoms with van der Waals surface area (Å²) >= 11 is 1.47. The van der Waals surface area contributed by atoms with Gasteiger partial charge in [-0.05, 0) is 29.2 Å². The van der Waals surface area contributed by atoms with Gasteiger partial charge in [0.25, 0.3) is 5.56 Å². The molecule has 8 heteroatoms. The van der Waals surface area contributed by atoms with E-state index in [-0.39, 0.29) is 17.9 Å². The molecule has 0 saturated carbocycles. The lowest BCUT2D eigenvalue weighted by Crippen LogP contribution is -2.33. The average molecular weight is 480 g/mol. The molecule has 1 amide bonds. The molecule has 34 heavy (non-hydrogen) atoms. The Morgan fingerprint density at radius 2 is 1.91 bits per heavy atom. The number of carbonyl (C=O) groups excluding carboxylic acids is 1. The minimum atomic E-state index is -0.420. The molecule has 7 nitrogen and oxygen atoms in total. The number of hydrogen-bond donors (Lipinski definition) is 1. The highest BCUT2D eigenvalue weighted by molar-refractivity contribution is 7.98. The highest BCUT2D eigenvalue weighted by Gasteiger charge is 2.32. The lowest BCUT2D eigenvalue weighted by atomic mass is 9.86. The lowest BCUT2D eigenvalue weighted by Gasteiger charge is -2.28. The summed E-state index contributed by atoms with van der Waals surface area (Å²) in [5.74, 6) is 2.20. The predicted octanol–water partition coefficient (Wildman–Crippen LogP) is 4.59. The highest BCUT2D eigenvalue weighted by atomic mass is 32.2. The third-order valence-electron chi connectivity index (χ3n) is 5.67. The van der Waals surface area contributed by atoms with Crippen molar-refractivity contribution in [2.75, 3.05) is 19.0 Å². The summed E-state index contributed by atoms with van der Waals surface area (Å²) in [6.07, 6.45) is 0.162. The number of benzene rings is 2. The quantitative estimate of drug-likeness (QED) is 0.376. The number of methoxy groups -OCH3 is 1. The Bertz CT molecular complexity index is 1240. The number of rotatable bonds is 8. The number of anilines is 1. The van der Waals surface area contributed by atoms with Gasteiger partial charge in [-0.15, -0.1) is 0 Å². The summed E-state index contributed by atoms with van der Waals surface area (Å²) in [7, 11) is 3.41. The summed E-state index contributed by atoms with van der Waals surface area (Å²) in [5, 5.41) is 3.45. The van der Waals surface area contributed by atoms with Gasteiger partial charge in [-0.1, -0.05) is 62.0 Å². The third-order valence-corrected chi connectivity index (χ3v) is 6.77. The molecule has 0 radical (unpaired) electrons. The molecule has 0 fully saturated rings. The molecule has 2 aromatic carbocycles. The number of aromatic nitrogens is 2. The minimum Gasteiger partial charge on any atom is -0.493 e. The van der Waals surface area contributed by atoms with Crippen LogP contribution in [0.3, 0.4) is 0 Å². The number of carbonyl (C=O) groups is 1. The second-order valence-corrected chi connectivity index (χ2v) is 9.66. The van der Waals surface area contributed by atoms with Crippen LogP contribution in [0.4, 0.5) is 5.82 Å². The van der Waals surface area contributed by atoms with Gasteiger partial charge in [0.2, 0.25) is 5.91 Å². The van der Waals surface area contributed by atoms with Gasteiger partial charge in [-0.3, -0.25) is 9.59 Å². The Morgan fingerprint density at radius 1 is 1.15 bits per heavy atom. The number of nitrogens with zero attached hydrogens (tertiary/aromatic N) is 2. The third kappa shape index (κ3) is 5.12. The number of amides is 1. The highest BCUT2D eigenvalue weighted by Crippen LogP contribution is 2.39. The molecule has 178 valence electrons. The molecular formula is C26H29N3O4S. The molecule has 1 atom stereocenters. The zero-order valence-electron chi connectivity index (χ0n) is 19.8. The molecule has 0 spiro atoms. The Morgan fingerprint density at radius 3 is 2.62 bits per heavy atom. The maximum atomic E-state index is 13.2. The fraction of sp³-hybridized carbons (Fsp3) is 0.346. The normalized spacial score (nSPS) is 15.1. The van der Waals surface area contributed by atoms with Crippen LogP contribution in [0.15, 0.2) is 58.5 Å². The Kier molecular flexibility index (Phi) is 7.26. The van der Waals surface area contributed by atoms with Crippen LogP contribution in [0.5, 0.6) is 11.5 Å². The molecule has 0 bridgehead atoms. The molecule has 3 aromatic rings. The van der Waals surface area contributed by atoms with Crippen LogP contribution in [0.2, 0.25) is 0 Å². The number of nitrogens with one attached hydrogen (secondary N) is 1. The molecule has 0 aliphatic carbocycles. The topological polar surface area (TPSA) is 82.5 Å². The van der Waals surface area contributed by atoms with Crippen LogP contribution in [0.1, 0.15) is 42.9 Å². The van der Waals surface area contributed by atoms with Crippen molar-refractivity contribution in [3.63, 3.8) is 0 Å². The summed E-state index contributed by atoms with van der Waals surface area (Å²) in [4.78, 5) is 30.2. The predicted molar refractivity (Wildman–Crippen MR) is 134 cm³/mol. The van der Waals surface area contributed by atoms with Crippen molar-refractivity contribution in [3.8, 4) is 11.5 Å². The van der Waals surface area contributed by atoms with Gasteiger partial charge in [-0.2, -0.15) is 4.98 Å². The first-order valence-electron chi connectivity index (χ1n) is 11.3. The monoisotopic (exact) mass is 479 g/mol. The zero-order valence-corrected chi connectivity index (χ0v) is 20.6. The van der Waals surface area contributed by atoms with Crippen LogP contribution in [-0.2, 0) is 17.6 Å². The van der Waals surface area contributed by atoms with Crippen molar-refractivity contribution in [3.05, 3.63) is 75.6 Å². The van der Waals surface area contributed by atoms with Crippen LogP contribution in [-0.4, -0.2) is 29.2 Å². The molecular weight excluding hydrogens is 450 g/mol. The van der Waals surface area contributed by atoms with E-state index in [1.807, 2.05) is 55.6 Å². The largest absolute Gasteiger partial charge is 0.493 e. The van der Waals surface area contributed by atoms with Gasteiger partial charge in [-0.25, -0.2) is 0 Å². The first kappa shape index (κ1) is 23.9. The van der Waals surface area contributed by atoms with Gasteiger partial charge in [0, 0.05) is 25.1 Å². The Hall–Kier alpha value is -3.26. The number of thioether (sulfide) groups is 1. The van der Waals surface area contributed by atoms with Crippen molar-refractivity contribution in [2.45, 2.75) is 37.1 Å². The molecule has 1 aliphatic heterocycles. The fourth-order valence-electron chi connectivity index (χ4n) is 3.95. The van der Waals surface area contributed by atoms with Crippen LogP contribution < -0.4 is 20.3 Å². The standard InChI is InChI=1S/C26H29N3O4S/c1-16(2)14-33-20-11-10-18(12-21(20)32-4)19-13-22(30)27-24-23(19)25(31)28-26(29(24)3)34-15-17-8-6-5-7-9-17/h5-12,16,19H,13-15H2,1-4H3,(H,27,30)/t19-/m1/s1. The fourth-order valence-corrected chi connectivity index (χ4v) is 4.87. The molecule has 2 heterocycles. The second-order valence-electron chi connectivity index (χ2n) is 8.72. The average Bonchev–Trinajstić information content (AvgIpc) is 2.84. The molecule has 1 aromatic heterocycles. The molecule has 4 rings (SSSR count). The first-order valence-corrected chi connectivity index (χ1v) is 12.2. The molecule has 0 saturated heterocycles. The van der Waals surface area contributed by atoms with Crippen molar-refractivity contribution in [2.24, 2.45) is 13.0 Å². The number of ether oxygens (including phenoxy) is 2. The maximum absolute atomic E-state index is 13.2. The van der Waals surface area contributed by atoms with E-state index in [9.17, 15) is 9.59 Å². The van der Waals surface area contributed by atoms with Crippen LogP contribution in [0.25, 0.3) is 0 Å². The van der Waals surface area contributed by atoms with E-state index in [1.54, 1.807) is 11.7 Å². The van der Waals surface area contributed by atoms with Crippen molar-refractivity contribution < 1.29 is 14.3 Å². The van der Waals surface area contributed by atoms with E-state index in [0.717, 1.165) is 11.1 Å². The first-order chi connectivity index (χ1) is 16.4.